The molecule has 1 aromatic heterocycles. The van der Waals surface area contributed by atoms with Crippen molar-refractivity contribution in [1.82, 2.24) is 9.29 Å². The van der Waals surface area contributed by atoms with Crippen molar-refractivity contribution in [2.75, 3.05) is 6.54 Å². The summed E-state index contributed by atoms with van der Waals surface area (Å²) in [6.07, 6.45) is 3.60. The number of nitrogens with zero attached hydrogens (tertiary/aromatic N) is 2. The fraction of sp³-hybridized carbons (Fsp3) is 0.375. The molecule has 0 fully saturated rings. The standard InChI is InChI=1S/C8H12N2S/c1-2-10(11)7-8-3-5-9-6-4-8/h3-6,11H,2,7H2,1H3. The molecule has 0 aliphatic rings. The summed E-state index contributed by atoms with van der Waals surface area (Å²) in [4.78, 5) is 3.94. The molecule has 0 aliphatic heterocycles. The summed E-state index contributed by atoms with van der Waals surface area (Å²) in [6.45, 7) is 3.90. The molecular formula is C8H12N2S. The molecule has 0 aliphatic carbocycles. The van der Waals surface area contributed by atoms with E-state index in [4.69, 9.17) is 0 Å². The van der Waals surface area contributed by atoms with Gasteiger partial charge in [-0.25, -0.2) is 4.31 Å². The molecule has 60 valence electrons. The zero-order valence-electron chi connectivity index (χ0n) is 6.57. The lowest BCUT2D eigenvalue weighted by molar-refractivity contribution is 0.499. The molecule has 0 N–H and O–H groups in total. The summed E-state index contributed by atoms with van der Waals surface area (Å²) in [6, 6.07) is 4.00. The minimum absolute atomic E-state index is 0.877. The van der Waals surface area contributed by atoms with Crippen LogP contribution in [0.1, 0.15) is 12.5 Å². The second-order valence-electron chi connectivity index (χ2n) is 2.34. The van der Waals surface area contributed by atoms with Crippen LogP contribution in [0.4, 0.5) is 0 Å². The Morgan fingerprint density at radius 1 is 1.45 bits per heavy atom. The van der Waals surface area contributed by atoms with Gasteiger partial charge in [-0.2, -0.15) is 0 Å². The van der Waals surface area contributed by atoms with Gasteiger partial charge in [-0.05, 0) is 17.7 Å². The van der Waals surface area contributed by atoms with Gasteiger partial charge in [0.15, 0.2) is 0 Å². The molecule has 1 aromatic rings. The molecule has 0 unspecified atom stereocenters. The quantitative estimate of drug-likeness (QED) is 0.692. The van der Waals surface area contributed by atoms with Crippen molar-refractivity contribution in [3.05, 3.63) is 30.1 Å². The number of hydrogen-bond acceptors (Lipinski definition) is 3. The third-order valence-corrected chi connectivity index (χ3v) is 1.90. The van der Waals surface area contributed by atoms with Gasteiger partial charge in [0.25, 0.3) is 0 Å². The largest absolute Gasteiger partial charge is 0.265 e. The van der Waals surface area contributed by atoms with E-state index in [1.165, 1.54) is 5.56 Å². The second-order valence-corrected chi connectivity index (χ2v) is 2.90. The Bertz CT molecular complexity index is 201. The minimum atomic E-state index is 0.877. The summed E-state index contributed by atoms with van der Waals surface area (Å²) in [5.74, 6) is 0. The van der Waals surface area contributed by atoms with E-state index in [2.05, 4.69) is 24.7 Å². The molecule has 0 bridgehead atoms. The van der Waals surface area contributed by atoms with E-state index in [1.807, 2.05) is 16.4 Å². The maximum absolute atomic E-state index is 4.25. The molecule has 0 atom stereocenters. The maximum Gasteiger partial charge on any atom is 0.0339 e. The van der Waals surface area contributed by atoms with E-state index < -0.39 is 0 Å². The Balaban J connectivity index is 2.51. The SMILES string of the molecule is CCN(S)Cc1ccncc1. The van der Waals surface area contributed by atoms with Crippen molar-refractivity contribution in [1.29, 1.82) is 0 Å². The first-order chi connectivity index (χ1) is 5.33. The number of aromatic nitrogens is 1. The van der Waals surface area contributed by atoms with Gasteiger partial charge >= 0.3 is 0 Å². The van der Waals surface area contributed by atoms with Crippen molar-refractivity contribution >= 4 is 12.8 Å². The summed E-state index contributed by atoms with van der Waals surface area (Å²) in [5, 5.41) is 0. The van der Waals surface area contributed by atoms with Gasteiger partial charge in [0.05, 0.1) is 0 Å². The van der Waals surface area contributed by atoms with Crippen LogP contribution in [0.2, 0.25) is 0 Å². The van der Waals surface area contributed by atoms with E-state index in [9.17, 15) is 0 Å². The zero-order valence-corrected chi connectivity index (χ0v) is 7.46. The van der Waals surface area contributed by atoms with Crippen LogP contribution in [0.25, 0.3) is 0 Å². The van der Waals surface area contributed by atoms with Crippen molar-refractivity contribution in [3.63, 3.8) is 0 Å². The molecule has 3 heteroatoms. The predicted molar refractivity (Wildman–Crippen MR) is 49.3 cm³/mol. The molecule has 1 heterocycles. The van der Waals surface area contributed by atoms with E-state index in [1.54, 1.807) is 12.4 Å². The molecule has 11 heavy (non-hydrogen) atoms. The third-order valence-electron chi connectivity index (χ3n) is 1.48. The van der Waals surface area contributed by atoms with Crippen molar-refractivity contribution in [2.45, 2.75) is 13.5 Å². The fourth-order valence-electron chi connectivity index (χ4n) is 0.811. The Morgan fingerprint density at radius 3 is 2.64 bits per heavy atom. The number of hydrogen-bond donors (Lipinski definition) is 1. The monoisotopic (exact) mass is 168 g/mol. The average Bonchev–Trinajstić information content (AvgIpc) is 2.06. The van der Waals surface area contributed by atoms with E-state index in [0.717, 1.165) is 13.1 Å². The Kier molecular flexibility index (Phi) is 3.39. The van der Waals surface area contributed by atoms with Gasteiger partial charge in [0, 0.05) is 25.5 Å². The van der Waals surface area contributed by atoms with Crippen LogP contribution < -0.4 is 0 Å². The van der Waals surface area contributed by atoms with Crippen molar-refractivity contribution < 1.29 is 0 Å². The number of thiol groups is 1. The van der Waals surface area contributed by atoms with Gasteiger partial charge in [0.1, 0.15) is 0 Å². The smallest absolute Gasteiger partial charge is 0.0339 e. The highest BCUT2D eigenvalue weighted by Gasteiger charge is 1.95. The topological polar surface area (TPSA) is 16.1 Å². The van der Waals surface area contributed by atoms with Gasteiger partial charge < -0.3 is 0 Å². The highest BCUT2D eigenvalue weighted by molar-refractivity contribution is 7.77. The van der Waals surface area contributed by atoms with E-state index in [0.29, 0.717) is 0 Å². The van der Waals surface area contributed by atoms with Crippen LogP contribution >= 0.6 is 12.8 Å². The van der Waals surface area contributed by atoms with Gasteiger partial charge in [0.2, 0.25) is 0 Å². The van der Waals surface area contributed by atoms with Gasteiger partial charge in [-0.3, -0.25) is 4.98 Å². The normalized spacial score (nSPS) is 10.5. The molecule has 0 saturated heterocycles. The Hall–Kier alpha value is -0.540. The molecular weight excluding hydrogens is 156 g/mol. The summed E-state index contributed by atoms with van der Waals surface area (Å²) >= 11 is 4.25. The lowest BCUT2D eigenvalue weighted by Gasteiger charge is -2.11. The lowest BCUT2D eigenvalue weighted by atomic mass is 10.3. The van der Waals surface area contributed by atoms with Crippen LogP contribution in [-0.2, 0) is 6.54 Å². The predicted octanol–water partition coefficient (Wildman–Crippen LogP) is 1.75. The first-order valence-corrected chi connectivity index (χ1v) is 4.05. The Morgan fingerprint density at radius 2 is 2.09 bits per heavy atom. The minimum Gasteiger partial charge on any atom is -0.265 e. The van der Waals surface area contributed by atoms with Crippen LogP contribution in [0.5, 0.6) is 0 Å². The molecule has 0 aromatic carbocycles. The van der Waals surface area contributed by atoms with Crippen molar-refractivity contribution in [2.24, 2.45) is 0 Å². The average molecular weight is 168 g/mol. The van der Waals surface area contributed by atoms with Crippen molar-refractivity contribution in [3.8, 4) is 0 Å². The number of pyridine rings is 1. The number of rotatable bonds is 3. The van der Waals surface area contributed by atoms with E-state index in [-0.39, 0.29) is 0 Å². The van der Waals surface area contributed by atoms with E-state index >= 15 is 0 Å². The zero-order chi connectivity index (χ0) is 8.10. The highest BCUT2D eigenvalue weighted by Crippen LogP contribution is 2.03. The maximum atomic E-state index is 4.25. The molecule has 0 amide bonds. The summed E-state index contributed by atoms with van der Waals surface area (Å²) < 4.78 is 1.95. The van der Waals surface area contributed by atoms with Crippen LogP contribution in [0.15, 0.2) is 24.5 Å². The van der Waals surface area contributed by atoms with Crippen LogP contribution in [-0.4, -0.2) is 15.8 Å². The summed E-state index contributed by atoms with van der Waals surface area (Å²) in [7, 11) is 0. The third kappa shape index (κ3) is 2.91. The first-order valence-electron chi connectivity index (χ1n) is 3.65. The molecule has 0 radical (unpaired) electrons. The molecule has 1 rings (SSSR count). The summed E-state index contributed by atoms with van der Waals surface area (Å²) in [5.41, 5.74) is 1.25. The van der Waals surface area contributed by atoms with Crippen LogP contribution in [0.3, 0.4) is 0 Å². The molecule has 2 nitrogen and oxygen atoms in total. The highest BCUT2D eigenvalue weighted by atomic mass is 32.1. The first kappa shape index (κ1) is 8.56. The second kappa shape index (κ2) is 4.36. The van der Waals surface area contributed by atoms with Crippen LogP contribution in [0, 0.1) is 0 Å². The fourth-order valence-corrected chi connectivity index (χ4v) is 0.974. The van der Waals surface area contributed by atoms with Gasteiger partial charge in [-0.15, -0.1) is 0 Å². The molecule has 0 saturated carbocycles. The lowest BCUT2D eigenvalue weighted by Crippen LogP contribution is -2.10. The Labute approximate surface area is 72.8 Å². The molecule has 0 spiro atoms. The van der Waals surface area contributed by atoms with Gasteiger partial charge in [-0.1, -0.05) is 19.7 Å².